The van der Waals surface area contributed by atoms with E-state index in [1.54, 1.807) is 0 Å². The monoisotopic (exact) mass is 134 g/mol. The zero-order chi connectivity index (χ0) is 3.54. The maximum atomic E-state index is 4.65. The molecule has 6 heavy (non-hydrogen) atoms. The first-order valence-electron chi connectivity index (χ1n) is 1.60. The van der Waals surface area contributed by atoms with E-state index in [0.29, 0.717) is 0 Å². The number of hydrogen-bond donors (Lipinski definition) is 0. The van der Waals surface area contributed by atoms with Crippen molar-refractivity contribution in [2.24, 2.45) is 4.99 Å². The van der Waals surface area contributed by atoms with Crippen LogP contribution in [0.3, 0.4) is 0 Å². The predicted molar refractivity (Wildman–Crippen MR) is 19.3 cm³/mol. The van der Waals surface area contributed by atoms with E-state index >= 15 is 0 Å². The fourth-order valence-corrected chi connectivity index (χ4v) is 0.264. The van der Waals surface area contributed by atoms with Gasteiger partial charge in [0.15, 0.2) is 6.40 Å². The van der Waals surface area contributed by atoms with Crippen LogP contribution in [-0.4, -0.2) is 19.6 Å². The standard InChI is InChI=1S/C3H5NO.Cu/c1-2-5-3-4-1;/h3H,1-2H2;/q;+1. The molecule has 0 aromatic rings. The molecule has 0 saturated heterocycles. The molecule has 0 atom stereocenters. The van der Waals surface area contributed by atoms with Crippen LogP contribution in [-0.2, 0) is 21.8 Å². The summed E-state index contributed by atoms with van der Waals surface area (Å²) in [4.78, 5) is 3.74. The van der Waals surface area contributed by atoms with Crippen molar-refractivity contribution in [3.8, 4) is 0 Å². The number of rotatable bonds is 0. The molecule has 2 nitrogen and oxygen atoms in total. The Labute approximate surface area is 47.1 Å². The van der Waals surface area contributed by atoms with E-state index in [4.69, 9.17) is 0 Å². The van der Waals surface area contributed by atoms with Gasteiger partial charge in [-0.25, -0.2) is 0 Å². The molecule has 0 aromatic carbocycles. The summed E-state index contributed by atoms with van der Waals surface area (Å²) in [5.41, 5.74) is 0. The summed E-state index contributed by atoms with van der Waals surface area (Å²) < 4.78 is 4.65. The normalized spacial score (nSPS) is 16.0. The Balaban J connectivity index is 0.000000250. The van der Waals surface area contributed by atoms with E-state index in [9.17, 15) is 0 Å². The number of nitrogens with zero attached hydrogens (tertiary/aromatic N) is 1. The molecule has 1 aliphatic heterocycles. The minimum Gasteiger partial charge on any atom is -0.482 e. The molecule has 0 bridgehead atoms. The molecule has 1 rings (SSSR count). The van der Waals surface area contributed by atoms with Gasteiger partial charge in [0, 0.05) is 0 Å². The van der Waals surface area contributed by atoms with E-state index in [0.717, 1.165) is 13.2 Å². The minimum absolute atomic E-state index is 0. The largest absolute Gasteiger partial charge is 1.00 e. The number of hydrogen-bond acceptors (Lipinski definition) is 2. The Morgan fingerprint density at radius 3 is 2.67 bits per heavy atom. The average molecular weight is 135 g/mol. The summed E-state index contributed by atoms with van der Waals surface area (Å²) >= 11 is 0. The Bertz CT molecular complexity index is 48.8. The predicted octanol–water partition coefficient (Wildman–Crippen LogP) is 0.0424. The van der Waals surface area contributed by atoms with Crippen LogP contribution in [0, 0.1) is 0 Å². The second-order valence-electron chi connectivity index (χ2n) is 0.882. The molecule has 0 unspecified atom stereocenters. The fraction of sp³-hybridized carbons (Fsp3) is 0.667. The molecular weight excluding hydrogens is 130 g/mol. The summed E-state index contributed by atoms with van der Waals surface area (Å²) in [5.74, 6) is 0. The molecular formula is C3H5CuNO+. The summed E-state index contributed by atoms with van der Waals surface area (Å²) in [6, 6.07) is 0. The van der Waals surface area contributed by atoms with Crippen molar-refractivity contribution in [3.05, 3.63) is 0 Å². The van der Waals surface area contributed by atoms with E-state index in [1.165, 1.54) is 6.40 Å². The first-order chi connectivity index (χ1) is 2.50. The van der Waals surface area contributed by atoms with Crippen LogP contribution < -0.4 is 0 Å². The van der Waals surface area contributed by atoms with E-state index in [-0.39, 0.29) is 17.1 Å². The molecule has 1 heterocycles. The van der Waals surface area contributed by atoms with Crippen LogP contribution >= 0.6 is 0 Å². The molecule has 0 saturated carbocycles. The zero-order valence-corrected chi connectivity index (χ0v) is 4.09. The van der Waals surface area contributed by atoms with E-state index in [2.05, 4.69) is 9.73 Å². The molecule has 0 amide bonds. The molecule has 0 spiro atoms. The topological polar surface area (TPSA) is 21.6 Å². The van der Waals surface area contributed by atoms with Gasteiger partial charge in [-0.3, -0.25) is 4.99 Å². The number of ether oxygens (including phenoxy) is 1. The van der Waals surface area contributed by atoms with Crippen LogP contribution in [0.25, 0.3) is 0 Å². The van der Waals surface area contributed by atoms with Crippen molar-refractivity contribution in [2.45, 2.75) is 0 Å². The third-order valence-electron chi connectivity index (χ3n) is 0.487. The van der Waals surface area contributed by atoms with Gasteiger partial charge < -0.3 is 4.74 Å². The Hall–Kier alpha value is -0.0105. The molecule has 0 radical (unpaired) electrons. The van der Waals surface area contributed by atoms with Crippen molar-refractivity contribution >= 4 is 6.40 Å². The maximum Gasteiger partial charge on any atom is 1.00 e. The summed E-state index contributed by atoms with van der Waals surface area (Å²) in [6.07, 6.45) is 1.49. The first-order valence-corrected chi connectivity index (χ1v) is 1.60. The molecule has 0 fully saturated rings. The fourth-order valence-electron chi connectivity index (χ4n) is 0.264. The van der Waals surface area contributed by atoms with Gasteiger partial charge in [-0.15, -0.1) is 0 Å². The van der Waals surface area contributed by atoms with E-state index < -0.39 is 0 Å². The second kappa shape index (κ2) is 3.19. The van der Waals surface area contributed by atoms with Crippen LogP contribution in [0.2, 0.25) is 0 Å². The smallest absolute Gasteiger partial charge is 0.482 e. The molecule has 38 valence electrons. The van der Waals surface area contributed by atoms with Crippen molar-refractivity contribution in [1.29, 1.82) is 0 Å². The average Bonchev–Trinajstić information content (AvgIpc) is 1.76. The second-order valence-corrected chi connectivity index (χ2v) is 0.882. The van der Waals surface area contributed by atoms with Crippen molar-refractivity contribution in [2.75, 3.05) is 13.2 Å². The molecule has 3 heteroatoms. The molecule has 0 N–H and O–H groups in total. The van der Waals surface area contributed by atoms with Crippen LogP contribution in [0.15, 0.2) is 4.99 Å². The van der Waals surface area contributed by atoms with E-state index in [1.807, 2.05) is 0 Å². The maximum absolute atomic E-state index is 4.65. The number of aliphatic imine (C=N–C) groups is 1. The van der Waals surface area contributed by atoms with Gasteiger partial charge in [0.25, 0.3) is 0 Å². The third kappa shape index (κ3) is 1.43. The van der Waals surface area contributed by atoms with Gasteiger partial charge in [-0.05, 0) is 0 Å². The SMILES string of the molecule is C1=NCCO1.[Cu+]. The van der Waals surface area contributed by atoms with Crippen LogP contribution in [0.5, 0.6) is 0 Å². The van der Waals surface area contributed by atoms with Crippen molar-refractivity contribution in [1.82, 2.24) is 0 Å². The Morgan fingerprint density at radius 1 is 1.67 bits per heavy atom. The first kappa shape index (κ1) is 5.99. The van der Waals surface area contributed by atoms with Gasteiger partial charge in [-0.2, -0.15) is 0 Å². The van der Waals surface area contributed by atoms with Gasteiger partial charge in [0.1, 0.15) is 6.61 Å². The Morgan fingerprint density at radius 2 is 2.50 bits per heavy atom. The Kier molecular flexibility index (Phi) is 3.18. The van der Waals surface area contributed by atoms with Gasteiger partial charge >= 0.3 is 17.1 Å². The quantitative estimate of drug-likeness (QED) is 0.429. The third-order valence-corrected chi connectivity index (χ3v) is 0.487. The summed E-state index contributed by atoms with van der Waals surface area (Å²) in [6.45, 7) is 1.62. The molecule has 0 aromatic heterocycles. The summed E-state index contributed by atoms with van der Waals surface area (Å²) in [7, 11) is 0. The summed E-state index contributed by atoms with van der Waals surface area (Å²) in [5, 5.41) is 0. The van der Waals surface area contributed by atoms with Gasteiger partial charge in [-0.1, -0.05) is 0 Å². The van der Waals surface area contributed by atoms with Crippen LogP contribution in [0.1, 0.15) is 0 Å². The molecule has 1 aliphatic rings. The minimum atomic E-state index is 0. The van der Waals surface area contributed by atoms with Crippen molar-refractivity contribution in [3.63, 3.8) is 0 Å². The molecule has 0 aliphatic carbocycles. The van der Waals surface area contributed by atoms with Gasteiger partial charge in [0.2, 0.25) is 0 Å². The van der Waals surface area contributed by atoms with Crippen LogP contribution in [0.4, 0.5) is 0 Å². The zero-order valence-electron chi connectivity index (χ0n) is 3.15. The van der Waals surface area contributed by atoms with Crippen molar-refractivity contribution < 1.29 is 21.8 Å². The van der Waals surface area contributed by atoms with Gasteiger partial charge in [0.05, 0.1) is 6.54 Å².